The molecule has 1 N–H and O–H groups in total. The molecule has 58 valence electrons. The fourth-order valence-corrected chi connectivity index (χ4v) is 2.56. The van der Waals surface area contributed by atoms with Crippen LogP contribution in [0.2, 0.25) is 0 Å². The maximum atomic E-state index is 3.48. The van der Waals surface area contributed by atoms with Crippen molar-refractivity contribution in [3.63, 3.8) is 0 Å². The molecule has 1 saturated heterocycles. The largest absolute Gasteiger partial charge is 0.316 e. The maximum Gasteiger partial charge on any atom is 0.00137 e. The van der Waals surface area contributed by atoms with Crippen molar-refractivity contribution >= 4 is 0 Å². The van der Waals surface area contributed by atoms with Crippen molar-refractivity contribution in [2.75, 3.05) is 13.1 Å². The molecule has 0 bridgehead atoms. The summed E-state index contributed by atoms with van der Waals surface area (Å²) in [6, 6.07) is 0. The molecular formula is C9H17N. The number of nitrogens with one attached hydrogen (secondary N) is 1. The van der Waals surface area contributed by atoms with Crippen LogP contribution < -0.4 is 5.32 Å². The molecule has 0 aromatic heterocycles. The molecule has 2 aliphatic rings. The molecule has 0 aromatic rings. The summed E-state index contributed by atoms with van der Waals surface area (Å²) >= 11 is 0. The lowest BCUT2D eigenvalue weighted by molar-refractivity contribution is 0.327. The quantitative estimate of drug-likeness (QED) is 0.613. The Kier molecular flexibility index (Phi) is 1.31. The average Bonchev–Trinajstić information content (AvgIpc) is 2.54. The number of piperidine rings is 1. The lowest BCUT2D eigenvalue weighted by Crippen LogP contribution is -2.21. The molecule has 2 fully saturated rings. The zero-order valence-corrected chi connectivity index (χ0v) is 6.98. The van der Waals surface area contributed by atoms with E-state index in [1.54, 1.807) is 0 Å². The Morgan fingerprint density at radius 3 is 2.90 bits per heavy atom. The molecule has 1 heteroatoms. The standard InChI is InChI=1S/C9H17N/c1-3-7(2)9-4-8(9)5-10-6-9/h7-8,10H,3-6H2,1-2H3. The first-order valence-corrected chi connectivity index (χ1v) is 4.50. The summed E-state index contributed by atoms with van der Waals surface area (Å²) in [5, 5.41) is 3.48. The van der Waals surface area contributed by atoms with Gasteiger partial charge in [-0.2, -0.15) is 0 Å². The third-order valence-electron chi connectivity index (χ3n) is 3.72. The predicted molar refractivity (Wildman–Crippen MR) is 42.9 cm³/mol. The van der Waals surface area contributed by atoms with E-state index >= 15 is 0 Å². The molecule has 1 aliphatic carbocycles. The first-order chi connectivity index (χ1) is 4.79. The molecule has 1 aliphatic heterocycles. The highest BCUT2D eigenvalue weighted by molar-refractivity contribution is 5.11. The van der Waals surface area contributed by atoms with Crippen LogP contribution in [0, 0.1) is 17.3 Å². The topological polar surface area (TPSA) is 12.0 Å². The predicted octanol–water partition coefficient (Wildman–Crippen LogP) is 1.64. The van der Waals surface area contributed by atoms with Crippen molar-refractivity contribution in [2.45, 2.75) is 26.7 Å². The van der Waals surface area contributed by atoms with E-state index in [1.165, 1.54) is 25.9 Å². The summed E-state index contributed by atoms with van der Waals surface area (Å²) in [4.78, 5) is 0. The number of hydrogen-bond donors (Lipinski definition) is 1. The van der Waals surface area contributed by atoms with Crippen molar-refractivity contribution in [3.8, 4) is 0 Å². The second kappa shape index (κ2) is 1.97. The molecule has 0 spiro atoms. The van der Waals surface area contributed by atoms with Crippen LogP contribution in [0.5, 0.6) is 0 Å². The SMILES string of the molecule is CCC(C)C12CNCC1C2. The van der Waals surface area contributed by atoms with Gasteiger partial charge < -0.3 is 5.32 Å². The lowest BCUT2D eigenvalue weighted by atomic mass is 9.88. The molecule has 0 aromatic carbocycles. The zero-order valence-electron chi connectivity index (χ0n) is 6.98. The molecule has 3 atom stereocenters. The third kappa shape index (κ3) is 0.672. The minimum absolute atomic E-state index is 0.759. The van der Waals surface area contributed by atoms with Gasteiger partial charge in [0.1, 0.15) is 0 Å². The van der Waals surface area contributed by atoms with Gasteiger partial charge in [0.15, 0.2) is 0 Å². The van der Waals surface area contributed by atoms with Gasteiger partial charge in [0.05, 0.1) is 0 Å². The molecule has 2 rings (SSSR count). The number of hydrogen-bond acceptors (Lipinski definition) is 1. The highest BCUT2D eigenvalue weighted by Gasteiger charge is 2.59. The Morgan fingerprint density at radius 1 is 1.70 bits per heavy atom. The van der Waals surface area contributed by atoms with Crippen LogP contribution in [-0.2, 0) is 0 Å². The summed E-state index contributed by atoms with van der Waals surface area (Å²) in [7, 11) is 0. The number of fused-ring (bicyclic) bond motifs is 1. The third-order valence-corrected chi connectivity index (χ3v) is 3.72. The molecule has 0 radical (unpaired) electrons. The van der Waals surface area contributed by atoms with Gasteiger partial charge >= 0.3 is 0 Å². The average molecular weight is 139 g/mol. The van der Waals surface area contributed by atoms with E-state index in [0.717, 1.165) is 17.3 Å². The smallest absolute Gasteiger partial charge is 0.00137 e. The van der Waals surface area contributed by atoms with Crippen LogP contribution in [0.25, 0.3) is 0 Å². The Bertz CT molecular complexity index is 144. The van der Waals surface area contributed by atoms with E-state index < -0.39 is 0 Å². The van der Waals surface area contributed by atoms with E-state index in [1.807, 2.05) is 0 Å². The highest BCUT2D eigenvalue weighted by Crippen LogP contribution is 2.60. The van der Waals surface area contributed by atoms with Crippen LogP contribution in [0.3, 0.4) is 0 Å². The lowest BCUT2D eigenvalue weighted by Gasteiger charge is -2.18. The highest BCUT2D eigenvalue weighted by atomic mass is 15.0. The molecule has 3 unspecified atom stereocenters. The van der Waals surface area contributed by atoms with Crippen molar-refractivity contribution in [1.82, 2.24) is 5.32 Å². The minimum atomic E-state index is 0.759. The monoisotopic (exact) mass is 139 g/mol. The second-order valence-electron chi connectivity index (χ2n) is 4.07. The van der Waals surface area contributed by atoms with E-state index in [4.69, 9.17) is 0 Å². The fourth-order valence-electron chi connectivity index (χ4n) is 2.56. The normalized spacial score (nSPS) is 46.8. The molecule has 1 nitrogen and oxygen atoms in total. The second-order valence-corrected chi connectivity index (χ2v) is 4.07. The Labute approximate surface area is 63.2 Å². The van der Waals surface area contributed by atoms with E-state index in [9.17, 15) is 0 Å². The maximum absolute atomic E-state index is 3.48. The van der Waals surface area contributed by atoms with Crippen molar-refractivity contribution in [3.05, 3.63) is 0 Å². The summed E-state index contributed by atoms with van der Waals surface area (Å²) in [5.41, 5.74) is 0.759. The summed E-state index contributed by atoms with van der Waals surface area (Å²) in [6.45, 7) is 7.32. The van der Waals surface area contributed by atoms with E-state index in [0.29, 0.717) is 0 Å². The van der Waals surface area contributed by atoms with Crippen LogP contribution in [-0.4, -0.2) is 13.1 Å². The summed E-state index contributed by atoms with van der Waals surface area (Å²) in [6.07, 6.45) is 2.87. The van der Waals surface area contributed by atoms with E-state index in [2.05, 4.69) is 19.2 Å². The Hall–Kier alpha value is -0.0400. The van der Waals surface area contributed by atoms with Crippen LogP contribution in [0.15, 0.2) is 0 Å². The van der Waals surface area contributed by atoms with Gasteiger partial charge in [-0.3, -0.25) is 0 Å². The van der Waals surface area contributed by atoms with Crippen LogP contribution in [0.1, 0.15) is 26.7 Å². The van der Waals surface area contributed by atoms with Gasteiger partial charge in [0, 0.05) is 6.54 Å². The first-order valence-electron chi connectivity index (χ1n) is 4.50. The summed E-state index contributed by atoms with van der Waals surface area (Å²) in [5.74, 6) is 2.00. The molecule has 0 amide bonds. The molecule has 10 heavy (non-hydrogen) atoms. The summed E-state index contributed by atoms with van der Waals surface area (Å²) < 4.78 is 0. The van der Waals surface area contributed by atoms with Crippen LogP contribution in [0.4, 0.5) is 0 Å². The zero-order chi connectivity index (χ0) is 7.19. The van der Waals surface area contributed by atoms with Crippen molar-refractivity contribution in [2.24, 2.45) is 17.3 Å². The van der Waals surface area contributed by atoms with E-state index in [-0.39, 0.29) is 0 Å². The van der Waals surface area contributed by atoms with Crippen molar-refractivity contribution in [1.29, 1.82) is 0 Å². The Morgan fingerprint density at radius 2 is 2.50 bits per heavy atom. The molecular weight excluding hydrogens is 122 g/mol. The van der Waals surface area contributed by atoms with Gasteiger partial charge in [-0.1, -0.05) is 20.3 Å². The fraction of sp³-hybridized carbons (Fsp3) is 1.00. The minimum Gasteiger partial charge on any atom is -0.316 e. The molecule has 1 heterocycles. The van der Waals surface area contributed by atoms with Crippen LogP contribution >= 0.6 is 0 Å². The van der Waals surface area contributed by atoms with Gasteiger partial charge in [-0.25, -0.2) is 0 Å². The van der Waals surface area contributed by atoms with Gasteiger partial charge in [-0.05, 0) is 30.2 Å². The van der Waals surface area contributed by atoms with Gasteiger partial charge in [0.2, 0.25) is 0 Å². The Balaban J connectivity index is 2.03. The van der Waals surface area contributed by atoms with Gasteiger partial charge in [0.25, 0.3) is 0 Å². The first kappa shape index (κ1) is 6.66. The van der Waals surface area contributed by atoms with Crippen molar-refractivity contribution < 1.29 is 0 Å². The molecule has 1 saturated carbocycles. The van der Waals surface area contributed by atoms with Gasteiger partial charge in [-0.15, -0.1) is 0 Å². The number of rotatable bonds is 2.